The maximum absolute atomic E-state index is 3.38. The fourth-order valence-corrected chi connectivity index (χ4v) is 6.23. The van der Waals surface area contributed by atoms with Crippen molar-refractivity contribution in [2.24, 2.45) is 28.6 Å². The second kappa shape index (κ2) is 8.54. The first-order valence-electron chi connectivity index (χ1n) is 10.7. The molecule has 0 heterocycles. The predicted molar refractivity (Wildman–Crippen MR) is 106 cm³/mol. The number of nitrogens with zero attached hydrogens (tertiary/aromatic N) is 1. The van der Waals surface area contributed by atoms with E-state index in [9.17, 15) is 0 Å². The lowest BCUT2D eigenvalue weighted by Crippen LogP contribution is -2.36. The van der Waals surface area contributed by atoms with Crippen LogP contribution in [0.2, 0.25) is 0 Å². The largest absolute Gasteiger partial charge is 0.320 e. The van der Waals surface area contributed by atoms with Crippen LogP contribution in [-0.4, -0.2) is 38.6 Å². The topological polar surface area (TPSA) is 15.3 Å². The molecule has 2 heteroatoms. The number of fused-ring (bicyclic) bond motifs is 1. The molecule has 0 bridgehead atoms. The molecule has 2 fully saturated rings. The SMILES string of the molecule is CNCCC1CCC2(C)C(CCCCN(C)CC(C)C)CCC12C. The van der Waals surface area contributed by atoms with Gasteiger partial charge in [0.1, 0.15) is 0 Å². The molecule has 2 saturated carbocycles. The highest BCUT2D eigenvalue weighted by atomic mass is 15.1. The van der Waals surface area contributed by atoms with Gasteiger partial charge in [-0.15, -0.1) is 0 Å². The molecule has 0 aromatic rings. The second-order valence-corrected chi connectivity index (χ2v) is 9.85. The van der Waals surface area contributed by atoms with Crippen molar-refractivity contribution >= 4 is 0 Å². The number of hydrogen-bond acceptors (Lipinski definition) is 2. The zero-order valence-corrected chi connectivity index (χ0v) is 17.5. The minimum absolute atomic E-state index is 0.614. The predicted octanol–water partition coefficient (Wildman–Crippen LogP) is 5.19. The molecule has 2 aliphatic rings. The lowest BCUT2D eigenvalue weighted by atomic mass is 9.63. The molecule has 0 spiro atoms. The molecular weight excluding hydrogens is 292 g/mol. The van der Waals surface area contributed by atoms with Crippen LogP contribution >= 0.6 is 0 Å². The molecule has 0 saturated heterocycles. The molecule has 0 aliphatic heterocycles. The van der Waals surface area contributed by atoms with E-state index in [-0.39, 0.29) is 0 Å². The zero-order valence-electron chi connectivity index (χ0n) is 17.5. The van der Waals surface area contributed by atoms with Crippen molar-refractivity contribution in [3.8, 4) is 0 Å². The van der Waals surface area contributed by atoms with Gasteiger partial charge in [0.25, 0.3) is 0 Å². The van der Waals surface area contributed by atoms with Crippen molar-refractivity contribution < 1.29 is 0 Å². The molecule has 4 atom stereocenters. The molecule has 24 heavy (non-hydrogen) atoms. The van der Waals surface area contributed by atoms with Crippen LogP contribution in [0.25, 0.3) is 0 Å². The van der Waals surface area contributed by atoms with Gasteiger partial charge in [0, 0.05) is 6.54 Å². The maximum atomic E-state index is 3.38. The van der Waals surface area contributed by atoms with E-state index in [0.29, 0.717) is 10.8 Å². The van der Waals surface area contributed by atoms with Gasteiger partial charge in [-0.05, 0) is 101 Å². The van der Waals surface area contributed by atoms with E-state index in [1.54, 1.807) is 0 Å². The molecule has 2 rings (SSSR count). The highest BCUT2D eigenvalue weighted by Crippen LogP contribution is 2.68. The van der Waals surface area contributed by atoms with Crippen LogP contribution in [0.3, 0.4) is 0 Å². The average molecular weight is 337 g/mol. The van der Waals surface area contributed by atoms with Crippen molar-refractivity contribution in [1.29, 1.82) is 0 Å². The van der Waals surface area contributed by atoms with Crippen molar-refractivity contribution in [2.45, 2.75) is 79.1 Å². The van der Waals surface area contributed by atoms with Gasteiger partial charge in [0.05, 0.1) is 0 Å². The summed E-state index contributed by atoms with van der Waals surface area (Å²) in [5.41, 5.74) is 1.23. The minimum Gasteiger partial charge on any atom is -0.320 e. The minimum atomic E-state index is 0.614. The summed E-state index contributed by atoms with van der Waals surface area (Å²) in [6, 6.07) is 0. The smallest absolute Gasteiger partial charge is 0.000133 e. The van der Waals surface area contributed by atoms with Gasteiger partial charge in [0.15, 0.2) is 0 Å². The summed E-state index contributed by atoms with van der Waals surface area (Å²) >= 11 is 0. The Morgan fingerprint density at radius 3 is 2.12 bits per heavy atom. The first kappa shape index (κ1) is 20.2. The van der Waals surface area contributed by atoms with E-state index in [0.717, 1.165) is 17.8 Å². The number of nitrogens with one attached hydrogen (secondary N) is 1. The van der Waals surface area contributed by atoms with Crippen LogP contribution in [-0.2, 0) is 0 Å². The van der Waals surface area contributed by atoms with E-state index in [4.69, 9.17) is 0 Å². The van der Waals surface area contributed by atoms with Gasteiger partial charge in [-0.2, -0.15) is 0 Å². The molecule has 0 radical (unpaired) electrons. The van der Waals surface area contributed by atoms with Crippen LogP contribution in [0.1, 0.15) is 79.1 Å². The molecule has 0 aromatic carbocycles. The molecular formula is C22H44N2. The van der Waals surface area contributed by atoms with Crippen molar-refractivity contribution in [3.05, 3.63) is 0 Å². The van der Waals surface area contributed by atoms with E-state index >= 15 is 0 Å². The number of unbranched alkanes of at least 4 members (excludes halogenated alkanes) is 1. The standard InChI is InChI=1S/C22H44N2/c1-18(2)17-24(6)16-8-7-9-19-10-13-22(4)20(12-15-23-5)11-14-21(19,22)3/h18-20,23H,7-17H2,1-6H3. The third-order valence-corrected chi connectivity index (χ3v) is 7.89. The van der Waals surface area contributed by atoms with Crippen LogP contribution in [0, 0.1) is 28.6 Å². The second-order valence-electron chi connectivity index (χ2n) is 9.85. The zero-order chi connectivity index (χ0) is 17.8. The van der Waals surface area contributed by atoms with Crippen molar-refractivity contribution in [1.82, 2.24) is 10.2 Å². The molecule has 142 valence electrons. The summed E-state index contributed by atoms with van der Waals surface area (Å²) in [6.45, 7) is 13.6. The number of rotatable bonds is 10. The first-order chi connectivity index (χ1) is 11.3. The lowest BCUT2D eigenvalue weighted by molar-refractivity contribution is 0.0642. The molecule has 4 unspecified atom stereocenters. The van der Waals surface area contributed by atoms with E-state index in [1.807, 2.05) is 0 Å². The van der Waals surface area contributed by atoms with E-state index in [2.05, 4.69) is 52.0 Å². The Morgan fingerprint density at radius 2 is 1.58 bits per heavy atom. The maximum Gasteiger partial charge on any atom is 0.000133 e. The van der Waals surface area contributed by atoms with Gasteiger partial charge >= 0.3 is 0 Å². The normalized spacial score (nSPS) is 36.0. The third kappa shape index (κ3) is 4.18. The van der Waals surface area contributed by atoms with Crippen LogP contribution in [0.5, 0.6) is 0 Å². The molecule has 0 amide bonds. The van der Waals surface area contributed by atoms with Gasteiger partial charge in [-0.25, -0.2) is 0 Å². The van der Waals surface area contributed by atoms with Crippen LogP contribution in [0.4, 0.5) is 0 Å². The van der Waals surface area contributed by atoms with E-state index < -0.39 is 0 Å². The van der Waals surface area contributed by atoms with Crippen LogP contribution in [0.15, 0.2) is 0 Å². The Kier molecular flexibility index (Phi) is 7.20. The fraction of sp³-hybridized carbons (Fsp3) is 1.00. The van der Waals surface area contributed by atoms with Gasteiger partial charge in [-0.1, -0.05) is 34.1 Å². The third-order valence-electron chi connectivity index (χ3n) is 7.89. The Labute approximate surface area is 152 Å². The molecule has 2 aliphatic carbocycles. The summed E-state index contributed by atoms with van der Waals surface area (Å²) in [5.74, 6) is 2.73. The fourth-order valence-electron chi connectivity index (χ4n) is 6.23. The van der Waals surface area contributed by atoms with Gasteiger partial charge in [-0.3, -0.25) is 0 Å². The summed E-state index contributed by atoms with van der Waals surface area (Å²) in [6.07, 6.45) is 11.6. The molecule has 1 N–H and O–H groups in total. The lowest BCUT2D eigenvalue weighted by Gasteiger charge is -2.42. The first-order valence-corrected chi connectivity index (χ1v) is 10.7. The monoisotopic (exact) mass is 336 g/mol. The Balaban J connectivity index is 1.79. The van der Waals surface area contributed by atoms with Gasteiger partial charge < -0.3 is 10.2 Å². The van der Waals surface area contributed by atoms with Crippen molar-refractivity contribution in [3.63, 3.8) is 0 Å². The Morgan fingerprint density at radius 1 is 1.00 bits per heavy atom. The van der Waals surface area contributed by atoms with Gasteiger partial charge in [0.2, 0.25) is 0 Å². The van der Waals surface area contributed by atoms with Crippen LogP contribution < -0.4 is 5.32 Å². The number of hydrogen-bond donors (Lipinski definition) is 1. The summed E-state index contributed by atoms with van der Waals surface area (Å²) in [5, 5.41) is 3.38. The highest BCUT2D eigenvalue weighted by Gasteiger charge is 2.60. The quantitative estimate of drug-likeness (QED) is 0.553. The summed E-state index contributed by atoms with van der Waals surface area (Å²) in [4.78, 5) is 2.52. The summed E-state index contributed by atoms with van der Waals surface area (Å²) < 4.78 is 0. The van der Waals surface area contributed by atoms with Crippen molar-refractivity contribution in [2.75, 3.05) is 33.7 Å². The Hall–Kier alpha value is -0.0800. The van der Waals surface area contributed by atoms with E-state index in [1.165, 1.54) is 71.0 Å². The highest BCUT2D eigenvalue weighted by molar-refractivity contribution is 5.09. The average Bonchev–Trinajstić information content (AvgIpc) is 2.90. The summed E-state index contributed by atoms with van der Waals surface area (Å²) in [7, 11) is 4.39. The molecule has 2 nitrogen and oxygen atoms in total. The molecule has 0 aromatic heterocycles. The Bertz CT molecular complexity index is 380.